The topological polar surface area (TPSA) is 35.5 Å². The number of hydrogen-bond donors (Lipinski definition) is 2. The van der Waals surface area contributed by atoms with Gasteiger partial charge in [-0.2, -0.15) is 0 Å². The minimum atomic E-state index is -0.349. The summed E-state index contributed by atoms with van der Waals surface area (Å²) in [4.78, 5) is 2.48. The molecule has 2 aliphatic rings. The molecule has 0 spiro atoms. The number of hydrogen-bond acceptors (Lipinski definition) is 3. The lowest BCUT2D eigenvalue weighted by molar-refractivity contribution is -0.0937. The molecule has 2 fully saturated rings. The van der Waals surface area contributed by atoms with Crippen molar-refractivity contribution in [2.45, 2.75) is 44.6 Å². The molecule has 1 saturated carbocycles. The van der Waals surface area contributed by atoms with E-state index in [-0.39, 0.29) is 5.60 Å². The van der Waals surface area contributed by atoms with Crippen LogP contribution >= 0.6 is 0 Å². The molecule has 2 rings (SSSR count). The summed E-state index contributed by atoms with van der Waals surface area (Å²) in [7, 11) is 0. The molecular formula is C15H28N2O. The Balaban J connectivity index is 1.81. The van der Waals surface area contributed by atoms with Crippen LogP contribution < -0.4 is 5.32 Å². The first-order chi connectivity index (χ1) is 8.64. The van der Waals surface area contributed by atoms with Crippen molar-refractivity contribution in [3.63, 3.8) is 0 Å². The molecule has 1 saturated heterocycles. The molecule has 3 heteroatoms. The van der Waals surface area contributed by atoms with Gasteiger partial charge in [-0.1, -0.05) is 26.3 Å². The molecule has 2 N–H and O–H groups in total. The van der Waals surface area contributed by atoms with Gasteiger partial charge in [-0.25, -0.2) is 0 Å². The summed E-state index contributed by atoms with van der Waals surface area (Å²) < 4.78 is 0. The smallest absolute Gasteiger partial charge is 0.0700 e. The summed E-state index contributed by atoms with van der Waals surface area (Å²) in [5.41, 5.74) is 0.913. The zero-order valence-electron chi connectivity index (χ0n) is 11.7. The molecule has 0 bridgehead atoms. The van der Waals surface area contributed by atoms with Crippen LogP contribution in [0.3, 0.4) is 0 Å². The van der Waals surface area contributed by atoms with Gasteiger partial charge in [0.15, 0.2) is 0 Å². The maximum Gasteiger partial charge on any atom is 0.0700 e. The standard InChI is InChI=1S/C15H28N2O/c1-3-16-10-13(2)11-17-9-8-15(18)7-5-4-6-14(15)12-17/h14,16,18H,2-12H2,1H3. The zero-order valence-corrected chi connectivity index (χ0v) is 11.7. The summed E-state index contributed by atoms with van der Waals surface area (Å²) in [6, 6.07) is 0. The number of piperidine rings is 1. The molecule has 1 heterocycles. The fourth-order valence-electron chi connectivity index (χ4n) is 3.46. The van der Waals surface area contributed by atoms with Gasteiger partial charge >= 0.3 is 0 Å². The fraction of sp³-hybridized carbons (Fsp3) is 0.867. The lowest BCUT2D eigenvalue weighted by Crippen LogP contribution is -2.53. The Bertz CT molecular complexity index is 292. The Labute approximate surface area is 111 Å². The fourth-order valence-corrected chi connectivity index (χ4v) is 3.46. The first-order valence-electron chi connectivity index (χ1n) is 7.46. The van der Waals surface area contributed by atoms with Crippen LogP contribution in [-0.4, -0.2) is 48.3 Å². The Morgan fingerprint density at radius 2 is 2.28 bits per heavy atom. The van der Waals surface area contributed by atoms with Crippen LogP contribution in [0, 0.1) is 5.92 Å². The Kier molecular flexibility index (Phi) is 4.82. The summed E-state index contributed by atoms with van der Waals surface area (Å²) in [5, 5.41) is 13.9. The van der Waals surface area contributed by atoms with Crippen LogP contribution in [0.15, 0.2) is 12.2 Å². The van der Waals surface area contributed by atoms with E-state index in [1.54, 1.807) is 0 Å². The van der Waals surface area contributed by atoms with E-state index in [0.29, 0.717) is 5.92 Å². The molecule has 0 aromatic rings. The zero-order chi connectivity index (χ0) is 13.0. The minimum absolute atomic E-state index is 0.349. The van der Waals surface area contributed by atoms with Gasteiger partial charge in [-0.05, 0) is 31.4 Å². The average Bonchev–Trinajstić information content (AvgIpc) is 2.36. The van der Waals surface area contributed by atoms with Crippen molar-refractivity contribution < 1.29 is 5.11 Å². The third kappa shape index (κ3) is 3.34. The van der Waals surface area contributed by atoms with Crippen LogP contribution in [0.2, 0.25) is 0 Å². The number of nitrogens with zero attached hydrogens (tertiary/aromatic N) is 1. The molecule has 0 aromatic heterocycles. The van der Waals surface area contributed by atoms with Gasteiger partial charge in [0, 0.05) is 32.1 Å². The van der Waals surface area contributed by atoms with E-state index in [1.165, 1.54) is 24.8 Å². The van der Waals surface area contributed by atoms with Gasteiger partial charge < -0.3 is 10.4 Å². The van der Waals surface area contributed by atoms with E-state index >= 15 is 0 Å². The molecule has 0 amide bonds. The molecular weight excluding hydrogens is 224 g/mol. The van der Waals surface area contributed by atoms with Crippen molar-refractivity contribution in [2.24, 2.45) is 5.92 Å². The Morgan fingerprint density at radius 1 is 1.44 bits per heavy atom. The summed E-state index contributed by atoms with van der Waals surface area (Å²) >= 11 is 0. The van der Waals surface area contributed by atoms with Crippen LogP contribution in [0.1, 0.15) is 39.0 Å². The maximum absolute atomic E-state index is 10.6. The number of nitrogens with one attached hydrogen (secondary N) is 1. The van der Waals surface area contributed by atoms with Crippen LogP contribution in [0.25, 0.3) is 0 Å². The maximum atomic E-state index is 10.6. The lowest BCUT2D eigenvalue weighted by atomic mass is 9.71. The van der Waals surface area contributed by atoms with Gasteiger partial charge in [0.2, 0.25) is 0 Å². The van der Waals surface area contributed by atoms with Gasteiger partial charge in [-0.15, -0.1) is 0 Å². The molecule has 104 valence electrons. The average molecular weight is 252 g/mol. The monoisotopic (exact) mass is 252 g/mol. The van der Waals surface area contributed by atoms with Gasteiger partial charge in [0.1, 0.15) is 0 Å². The largest absolute Gasteiger partial charge is 0.390 e. The molecule has 3 nitrogen and oxygen atoms in total. The van der Waals surface area contributed by atoms with E-state index in [2.05, 4.69) is 23.7 Å². The number of likely N-dealkylation sites (N-methyl/N-ethyl adjacent to an activating group) is 1. The molecule has 2 unspecified atom stereocenters. The third-order valence-electron chi connectivity index (χ3n) is 4.58. The Morgan fingerprint density at radius 3 is 3.06 bits per heavy atom. The molecule has 1 aliphatic heterocycles. The van der Waals surface area contributed by atoms with Gasteiger partial charge in [0.25, 0.3) is 0 Å². The summed E-state index contributed by atoms with van der Waals surface area (Å²) in [6.45, 7) is 11.3. The van der Waals surface area contributed by atoms with Gasteiger partial charge in [-0.3, -0.25) is 4.90 Å². The second kappa shape index (κ2) is 6.18. The van der Waals surface area contributed by atoms with Crippen molar-refractivity contribution in [1.29, 1.82) is 0 Å². The molecule has 0 radical (unpaired) electrons. The number of aliphatic hydroxyl groups is 1. The van der Waals surface area contributed by atoms with Crippen molar-refractivity contribution >= 4 is 0 Å². The molecule has 2 atom stereocenters. The first kappa shape index (κ1) is 14.0. The van der Waals surface area contributed by atoms with Crippen molar-refractivity contribution in [1.82, 2.24) is 10.2 Å². The summed E-state index contributed by atoms with van der Waals surface area (Å²) in [6.07, 6.45) is 5.67. The highest BCUT2D eigenvalue weighted by Gasteiger charge is 2.42. The van der Waals surface area contributed by atoms with E-state index in [0.717, 1.165) is 45.6 Å². The van der Waals surface area contributed by atoms with E-state index in [1.807, 2.05) is 0 Å². The number of likely N-dealkylation sites (tertiary alicyclic amines) is 1. The second-order valence-electron chi connectivity index (χ2n) is 6.06. The predicted octanol–water partition coefficient (Wildman–Crippen LogP) is 1.78. The molecule has 0 aromatic carbocycles. The molecule has 1 aliphatic carbocycles. The highest BCUT2D eigenvalue weighted by Crippen LogP contribution is 2.39. The number of rotatable bonds is 5. The van der Waals surface area contributed by atoms with E-state index in [4.69, 9.17) is 0 Å². The van der Waals surface area contributed by atoms with Crippen molar-refractivity contribution in [3.05, 3.63) is 12.2 Å². The minimum Gasteiger partial charge on any atom is -0.390 e. The quantitative estimate of drug-likeness (QED) is 0.732. The van der Waals surface area contributed by atoms with Crippen LogP contribution in [0.5, 0.6) is 0 Å². The van der Waals surface area contributed by atoms with E-state index < -0.39 is 0 Å². The normalized spacial score (nSPS) is 33.1. The SMILES string of the molecule is C=C(CNCC)CN1CCC2(O)CCCCC2C1. The summed E-state index contributed by atoms with van der Waals surface area (Å²) in [5.74, 6) is 0.493. The second-order valence-corrected chi connectivity index (χ2v) is 6.06. The van der Waals surface area contributed by atoms with Crippen molar-refractivity contribution in [3.8, 4) is 0 Å². The Hall–Kier alpha value is -0.380. The molecule has 18 heavy (non-hydrogen) atoms. The lowest BCUT2D eigenvalue weighted by Gasteiger charge is -2.47. The first-order valence-corrected chi connectivity index (χ1v) is 7.46. The highest BCUT2D eigenvalue weighted by atomic mass is 16.3. The van der Waals surface area contributed by atoms with Gasteiger partial charge in [0.05, 0.1) is 5.60 Å². The van der Waals surface area contributed by atoms with E-state index in [9.17, 15) is 5.11 Å². The van der Waals surface area contributed by atoms with Crippen LogP contribution in [-0.2, 0) is 0 Å². The number of fused-ring (bicyclic) bond motifs is 1. The van der Waals surface area contributed by atoms with Crippen molar-refractivity contribution in [2.75, 3.05) is 32.7 Å². The third-order valence-corrected chi connectivity index (χ3v) is 4.58. The predicted molar refractivity (Wildman–Crippen MR) is 75.6 cm³/mol. The highest BCUT2D eigenvalue weighted by molar-refractivity contribution is 5.03. The van der Waals surface area contributed by atoms with Crippen LogP contribution in [0.4, 0.5) is 0 Å².